The summed E-state index contributed by atoms with van der Waals surface area (Å²) in [5.41, 5.74) is 6.17. The molecule has 27 heavy (non-hydrogen) atoms. The van der Waals surface area contributed by atoms with E-state index >= 15 is 0 Å². The van der Waals surface area contributed by atoms with Crippen molar-refractivity contribution in [1.82, 2.24) is 5.43 Å². The van der Waals surface area contributed by atoms with Gasteiger partial charge in [0.05, 0.1) is 0 Å². The second kappa shape index (κ2) is 6.68. The molecule has 0 unspecified atom stereocenters. The largest absolute Gasteiger partial charge is 0.484 e. The lowest BCUT2D eigenvalue weighted by molar-refractivity contribution is -0.123. The Hall–Kier alpha value is -3.47. The highest BCUT2D eigenvalue weighted by Crippen LogP contribution is 2.30. The lowest BCUT2D eigenvalue weighted by Crippen LogP contribution is -2.27. The van der Waals surface area contributed by atoms with Gasteiger partial charge in [0.2, 0.25) is 5.78 Å². The maximum atomic E-state index is 12.6. The third kappa shape index (κ3) is 3.19. The Labute approximate surface area is 156 Å². The van der Waals surface area contributed by atoms with Crippen LogP contribution in [0.1, 0.15) is 27.0 Å². The number of hydrazone groups is 1. The second-order valence-electron chi connectivity index (χ2n) is 6.65. The summed E-state index contributed by atoms with van der Waals surface area (Å²) in [7, 11) is 0. The molecule has 0 fully saturated rings. The monoisotopic (exact) mass is 358 g/mol. The quantitative estimate of drug-likeness (QED) is 0.725. The molecule has 4 rings (SSSR count). The van der Waals surface area contributed by atoms with Crippen molar-refractivity contribution in [2.45, 2.75) is 13.8 Å². The molecule has 0 saturated carbocycles. The van der Waals surface area contributed by atoms with Crippen molar-refractivity contribution in [3.8, 4) is 5.75 Å². The van der Waals surface area contributed by atoms with E-state index in [2.05, 4.69) is 10.5 Å². The van der Waals surface area contributed by atoms with Crippen molar-refractivity contribution in [3.05, 3.63) is 76.9 Å². The van der Waals surface area contributed by atoms with Crippen LogP contribution in [0.15, 0.2) is 59.7 Å². The number of rotatable bonds is 4. The molecule has 0 aromatic heterocycles. The van der Waals surface area contributed by atoms with Crippen molar-refractivity contribution < 1.29 is 14.3 Å². The summed E-state index contributed by atoms with van der Waals surface area (Å²) >= 11 is 0. The van der Waals surface area contributed by atoms with Crippen molar-refractivity contribution in [2.24, 2.45) is 5.10 Å². The molecular formula is C22H18N2O3. The first-order valence-corrected chi connectivity index (χ1v) is 8.67. The standard InChI is InChI=1S/C22H18N2O3/c1-13-9-14(2)11-16(10-13)27-12-19(25)23-24-21-17-7-3-5-15-6-4-8-18(20(15)17)22(21)26/h3-11H,12H2,1-2H3,(H,23,25). The van der Waals surface area contributed by atoms with Gasteiger partial charge < -0.3 is 4.74 Å². The van der Waals surface area contributed by atoms with Crippen LogP contribution in [0.5, 0.6) is 5.75 Å². The number of benzene rings is 3. The first-order valence-electron chi connectivity index (χ1n) is 8.67. The predicted molar refractivity (Wildman–Crippen MR) is 104 cm³/mol. The van der Waals surface area contributed by atoms with Gasteiger partial charge >= 0.3 is 0 Å². The van der Waals surface area contributed by atoms with Crippen molar-refractivity contribution in [2.75, 3.05) is 6.61 Å². The van der Waals surface area contributed by atoms with Gasteiger partial charge in [-0.1, -0.05) is 42.5 Å². The van der Waals surface area contributed by atoms with Gasteiger partial charge in [0.25, 0.3) is 5.91 Å². The molecule has 0 radical (unpaired) electrons. The number of carbonyl (C=O) groups excluding carboxylic acids is 2. The number of nitrogens with zero attached hydrogens (tertiary/aromatic N) is 1. The Morgan fingerprint density at radius 1 is 1.00 bits per heavy atom. The van der Waals surface area contributed by atoms with E-state index in [9.17, 15) is 9.59 Å². The van der Waals surface area contributed by atoms with E-state index in [1.54, 1.807) is 6.07 Å². The molecule has 5 heteroatoms. The Bertz CT molecular complexity index is 1090. The highest BCUT2D eigenvalue weighted by atomic mass is 16.5. The zero-order valence-electron chi connectivity index (χ0n) is 15.1. The predicted octanol–water partition coefficient (Wildman–Crippen LogP) is 3.55. The summed E-state index contributed by atoms with van der Waals surface area (Å²) in [4.78, 5) is 24.7. The zero-order chi connectivity index (χ0) is 19.0. The van der Waals surface area contributed by atoms with E-state index in [1.165, 1.54) is 0 Å². The van der Waals surface area contributed by atoms with E-state index in [-0.39, 0.29) is 18.1 Å². The van der Waals surface area contributed by atoms with Crippen LogP contribution in [0, 0.1) is 13.8 Å². The lowest BCUT2D eigenvalue weighted by Gasteiger charge is -2.07. The average Bonchev–Trinajstić information content (AvgIpc) is 2.92. The number of aryl methyl sites for hydroxylation is 2. The van der Waals surface area contributed by atoms with E-state index in [1.807, 2.05) is 62.4 Å². The molecule has 0 heterocycles. The fourth-order valence-electron chi connectivity index (χ4n) is 3.40. The van der Waals surface area contributed by atoms with Crippen LogP contribution in [0.4, 0.5) is 0 Å². The van der Waals surface area contributed by atoms with E-state index in [0.29, 0.717) is 11.3 Å². The second-order valence-corrected chi connectivity index (χ2v) is 6.65. The lowest BCUT2D eigenvalue weighted by atomic mass is 10.1. The van der Waals surface area contributed by atoms with Crippen molar-refractivity contribution in [3.63, 3.8) is 0 Å². The maximum Gasteiger partial charge on any atom is 0.277 e. The molecule has 0 atom stereocenters. The Morgan fingerprint density at radius 2 is 1.67 bits per heavy atom. The molecule has 5 nitrogen and oxygen atoms in total. The molecule has 0 spiro atoms. The van der Waals surface area contributed by atoms with Crippen LogP contribution < -0.4 is 10.2 Å². The van der Waals surface area contributed by atoms with Gasteiger partial charge in [-0.05, 0) is 42.5 Å². The van der Waals surface area contributed by atoms with Gasteiger partial charge in [-0.25, -0.2) is 5.43 Å². The maximum absolute atomic E-state index is 12.6. The van der Waals surface area contributed by atoms with Gasteiger partial charge in [0.1, 0.15) is 11.5 Å². The molecule has 1 aliphatic carbocycles. The van der Waals surface area contributed by atoms with Gasteiger partial charge in [0.15, 0.2) is 6.61 Å². The minimum absolute atomic E-state index is 0.176. The average molecular weight is 358 g/mol. The van der Waals surface area contributed by atoms with Crippen LogP contribution in [-0.4, -0.2) is 24.0 Å². The van der Waals surface area contributed by atoms with Crippen molar-refractivity contribution >= 4 is 28.2 Å². The molecule has 134 valence electrons. The minimum Gasteiger partial charge on any atom is -0.484 e. The molecule has 1 amide bonds. The van der Waals surface area contributed by atoms with E-state index in [0.717, 1.165) is 27.5 Å². The topological polar surface area (TPSA) is 67.8 Å². The third-order valence-corrected chi connectivity index (χ3v) is 4.48. The Morgan fingerprint density at radius 3 is 2.37 bits per heavy atom. The summed E-state index contributed by atoms with van der Waals surface area (Å²) in [6.45, 7) is 3.76. The molecule has 1 N–H and O–H groups in total. The molecule has 1 aliphatic rings. The number of Topliss-reactive ketones (excluding diaryl/α,β-unsaturated/α-hetero) is 1. The molecule has 0 bridgehead atoms. The number of hydrogen-bond donors (Lipinski definition) is 1. The van der Waals surface area contributed by atoms with Crippen LogP contribution in [-0.2, 0) is 4.79 Å². The van der Waals surface area contributed by atoms with Crippen LogP contribution in [0.25, 0.3) is 10.8 Å². The zero-order valence-corrected chi connectivity index (χ0v) is 15.1. The molecular weight excluding hydrogens is 340 g/mol. The third-order valence-electron chi connectivity index (χ3n) is 4.48. The van der Waals surface area contributed by atoms with Gasteiger partial charge in [-0.3, -0.25) is 9.59 Å². The van der Waals surface area contributed by atoms with Crippen LogP contribution >= 0.6 is 0 Å². The summed E-state index contributed by atoms with van der Waals surface area (Å²) in [5, 5.41) is 5.94. The minimum atomic E-state index is -0.419. The van der Waals surface area contributed by atoms with E-state index < -0.39 is 5.91 Å². The molecule has 3 aromatic carbocycles. The first-order chi connectivity index (χ1) is 13.0. The van der Waals surface area contributed by atoms with Gasteiger partial charge in [0, 0.05) is 16.5 Å². The van der Waals surface area contributed by atoms with Gasteiger partial charge in [-0.15, -0.1) is 0 Å². The summed E-state index contributed by atoms with van der Waals surface area (Å²) in [6, 6.07) is 17.0. The highest BCUT2D eigenvalue weighted by Gasteiger charge is 2.28. The SMILES string of the molecule is Cc1cc(C)cc(OCC(=O)NN=C2C(=O)c3cccc4cccc2c34)c1. The van der Waals surface area contributed by atoms with Crippen molar-refractivity contribution in [1.29, 1.82) is 0 Å². The number of amides is 1. The molecule has 0 saturated heterocycles. The van der Waals surface area contributed by atoms with Crippen LogP contribution in [0.2, 0.25) is 0 Å². The van der Waals surface area contributed by atoms with E-state index in [4.69, 9.17) is 4.74 Å². The summed E-state index contributed by atoms with van der Waals surface area (Å²) in [5.74, 6) is 0.0272. The smallest absolute Gasteiger partial charge is 0.277 e. The van der Waals surface area contributed by atoms with Crippen LogP contribution in [0.3, 0.4) is 0 Å². The fourth-order valence-corrected chi connectivity index (χ4v) is 3.40. The molecule has 3 aromatic rings. The number of ketones is 1. The Balaban J connectivity index is 1.49. The highest BCUT2D eigenvalue weighted by molar-refractivity contribution is 6.59. The summed E-state index contributed by atoms with van der Waals surface area (Å²) in [6.07, 6.45) is 0. The number of carbonyl (C=O) groups is 2. The first kappa shape index (κ1) is 17.0. The number of hydrogen-bond acceptors (Lipinski definition) is 4. The number of nitrogens with one attached hydrogen (secondary N) is 1. The normalized spacial score (nSPS) is 14.0. The molecule has 0 aliphatic heterocycles. The fraction of sp³-hybridized carbons (Fsp3) is 0.136. The summed E-state index contributed by atoms with van der Waals surface area (Å²) < 4.78 is 5.52. The van der Waals surface area contributed by atoms with Gasteiger partial charge in [-0.2, -0.15) is 5.10 Å². The Kier molecular flexibility index (Phi) is 4.20. The number of ether oxygens (including phenoxy) is 1.